The quantitative estimate of drug-likeness (QED) is 0.691. The molecule has 1 aliphatic rings. The minimum absolute atomic E-state index is 0.0346. The molecule has 0 saturated carbocycles. The van der Waals surface area contributed by atoms with Gasteiger partial charge in [-0.2, -0.15) is 0 Å². The molecule has 1 aliphatic heterocycles. The Bertz CT molecular complexity index is 269. The SMILES string of the molecule is CC1(C)CNC(=O)C(CO)N(C(C)(C)C)C1. The average Bonchev–Trinajstić information content (AvgIpc) is 2.23. The minimum atomic E-state index is -0.429. The van der Waals surface area contributed by atoms with Crippen LogP contribution in [0.5, 0.6) is 0 Å². The van der Waals surface area contributed by atoms with Crippen molar-refractivity contribution in [2.75, 3.05) is 19.7 Å². The number of nitrogens with one attached hydrogen (secondary N) is 1. The summed E-state index contributed by atoms with van der Waals surface area (Å²) in [7, 11) is 0. The Morgan fingerprint density at radius 1 is 1.50 bits per heavy atom. The smallest absolute Gasteiger partial charge is 0.239 e. The topological polar surface area (TPSA) is 52.6 Å². The summed E-state index contributed by atoms with van der Waals surface area (Å²) in [4.78, 5) is 14.0. The van der Waals surface area contributed by atoms with E-state index in [1.807, 2.05) is 0 Å². The molecule has 4 nitrogen and oxygen atoms in total. The minimum Gasteiger partial charge on any atom is -0.394 e. The second-order valence-corrected chi connectivity index (χ2v) is 6.38. The van der Waals surface area contributed by atoms with Gasteiger partial charge in [-0.3, -0.25) is 9.69 Å². The van der Waals surface area contributed by atoms with Gasteiger partial charge < -0.3 is 10.4 Å². The normalized spacial score (nSPS) is 27.4. The number of carbonyl (C=O) groups excluding carboxylic acids is 1. The fourth-order valence-corrected chi connectivity index (χ4v) is 2.10. The van der Waals surface area contributed by atoms with E-state index >= 15 is 0 Å². The van der Waals surface area contributed by atoms with Crippen molar-refractivity contribution in [3.05, 3.63) is 0 Å². The Morgan fingerprint density at radius 2 is 2.06 bits per heavy atom. The number of aliphatic hydroxyl groups is 1. The Kier molecular flexibility index (Phi) is 3.65. The predicted octanol–water partition coefficient (Wildman–Crippen LogP) is 0.604. The maximum atomic E-state index is 11.9. The molecule has 4 heteroatoms. The average molecular weight is 228 g/mol. The summed E-state index contributed by atoms with van der Waals surface area (Å²) in [6.45, 7) is 11.8. The molecule has 1 heterocycles. The van der Waals surface area contributed by atoms with Crippen LogP contribution in [0, 0.1) is 5.41 Å². The molecule has 1 amide bonds. The number of hydrogen-bond donors (Lipinski definition) is 2. The first-order valence-electron chi connectivity index (χ1n) is 5.83. The number of carbonyl (C=O) groups is 1. The lowest BCUT2D eigenvalue weighted by Crippen LogP contribution is -2.55. The molecule has 0 aromatic heterocycles. The van der Waals surface area contributed by atoms with Crippen molar-refractivity contribution in [3.8, 4) is 0 Å². The van der Waals surface area contributed by atoms with Crippen LogP contribution in [-0.2, 0) is 4.79 Å². The van der Waals surface area contributed by atoms with Gasteiger partial charge in [-0.15, -0.1) is 0 Å². The largest absolute Gasteiger partial charge is 0.394 e. The summed E-state index contributed by atoms with van der Waals surface area (Å²) in [5.41, 5.74) is -0.0841. The molecular formula is C12H24N2O2. The number of rotatable bonds is 1. The fraction of sp³-hybridized carbons (Fsp3) is 0.917. The Balaban J connectivity index is 3.01. The number of hydrogen-bond acceptors (Lipinski definition) is 3. The van der Waals surface area contributed by atoms with E-state index in [-0.39, 0.29) is 23.5 Å². The third-order valence-electron chi connectivity index (χ3n) is 3.05. The molecule has 2 N–H and O–H groups in total. The van der Waals surface area contributed by atoms with Gasteiger partial charge in [-0.1, -0.05) is 13.8 Å². The molecule has 1 atom stereocenters. The molecular weight excluding hydrogens is 204 g/mol. The van der Waals surface area contributed by atoms with Crippen molar-refractivity contribution >= 4 is 5.91 Å². The van der Waals surface area contributed by atoms with Crippen LogP contribution in [0.15, 0.2) is 0 Å². The molecule has 0 aliphatic carbocycles. The highest BCUT2D eigenvalue weighted by atomic mass is 16.3. The number of nitrogens with zero attached hydrogens (tertiary/aromatic N) is 1. The molecule has 1 unspecified atom stereocenters. The van der Waals surface area contributed by atoms with Crippen LogP contribution in [-0.4, -0.2) is 47.2 Å². The zero-order valence-corrected chi connectivity index (χ0v) is 11.0. The third-order valence-corrected chi connectivity index (χ3v) is 3.05. The monoisotopic (exact) mass is 228 g/mol. The summed E-state index contributed by atoms with van der Waals surface area (Å²) >= 11 is 0. The molecule has 0 bridgehead atoms. The summed E-state index contributed by atoms with van der Waals surface area (Å²) in [5, 5.41) is 12.3. The molecule has 0 spiro atoms. The first-order valence-corrected chi connectivity index (χ1v) is 5.83. The van der Waals surface area contributed by atoms with Crippen LogP contribution in [0.4, 0.5) is 0 Å². The Morgan fingerprint density at radius 3 is 2.50 bits per heavy atom. The second kappa shape index (κ2) is 4.34. The van der Waals surface area contributed by atoms with Crippen LogP contribution < -0.4 is 5.32 Å². The second-order valence-electron chi connectivity index (χ2n) is 6.38. The van der Waals surface area contributed by atoms with Gasteiger partial charge in [0, 0.05) is 18.6 Å². The van der Waals surface area contributed by atoms with Crippen molar-refractivity contribution < 1.29 is 9.90 Å². The number of aliphatic hydroxyl groups excluding tert-OH is 1. The first kappa shape index (κ1) is 13.5. The molecule has 0 radical (unpaired) electrons. The van der Waals surface area contributed by atoms with Gasteiger partial charge in [0.15, 0.2) is 0 Å². The summed E-state index contributed by atoms with van der Waals surface area (Å²) in [6.07, 6.45) is 0. The Hall–Kier alpha value is -0.610. The Labute approximate surface area is 98.0 Å². The van der Waals surface area contributed by atoms with E-state index in [0.717, 1.165) is 6.54 Å². The van der Waals surface area contributed by atoms with Gasteiger partial charge in [-0.05, 0) is 26.2 Å². The van der Waals surface area contributed by atoms with Crippen LogP contribution in [0.25, 0.3) is 0 Å². The van der Waals surface area contributed by atoms with E-state index in [1.54, 1.807) is 0 Å². The van der Waals surface area contributed by atoms with Crippen molar-refractivity contribution in [2.24, 2.45) is 5.41 Å². The van der Waals surface area contributed by atoms with Gasteiger partial charge in [0.1, 0.15) is 6.04 Å². The lowest BCUT2D eigenvalue weighted by atomic mass is 9.90. The van der Waals surface area contributed by atoms with Crippen LogP contribution in [0.3, 0.4) is 0 Å². The molecule has 16 heavy (non-hydrogen) atoms. The zero-order chi connectivity index (χ0) is 12.6. The molecule has 1 rings (SSSR count). The van der Waals surface area contributed by atoms with Gasteiger partial charge in [0.2, 0.25) is 5.91 Å². The van der Waals surface area contributed by atoms with Crippen LogP contribution in [0.2, 0.25) is 0 Å². The van der Waals surface area contributed by atoms with Crippen molar-refractivity contribution in [1.29, 1.82) is 0 Å². The predicted molar refractivity (Wildman–Crippen MR) is 64.1 cm³/mol. The van der Waals surface area contributed by atoms with Gasteiger partial charge in [-0.25, -0.2) is 0 Å². The molecule has 0 aromatic carbocycles. The van der Waals surface area contributed by atoms with Gasteiger partial charge in [0.05, 0.1) is 6.61 Å². The molecule has 94 valence electrons. The number of amides is 1. The highest BCUT2D eigenvalue weighted by molar-refractivity contribution is 5.82. The van der Waals surface area contributed by atoms with E-state index in [4.69, 9.17) is 0 Å². The van der Waals surface area contributed by atoms with E-state index < -0.39 is 6.04 Å². The van der Waals surface area contributed by atoms with Crippen molar-refractivity contribution in [1.82, 2.24) is 10.2 Å². The zero-order valence-electron chi connectivity index (χ0n) is 11.0. The van der Waals surface area contributed by atoms with Crippen molar-refractivity contribution in [3.63, 3.8) is 0 Å². The molecule has 1 fully saturated rings. The van der Waals surface area contributed by atoms with E-state index in [9.17, 15) is 9.90 Å². The fourth-order valence-electron chi connectivity index (χ4n) is 2.10. The highest BCUT2D eigenvalue weighted by Gasteiger charge is 2.39. The standard InChI is InChI=1S/C12H24N2O2/c1-11(2,3)14-8-12(4,5)7-13-10(16)9(14)6-15/h9,15H,6-8H2,1-5H3,(H,13,16). The lowest BCUT2D eigenvalue weighted by Gasteiger charge is -2.41. The van der Waals surface area contributed by atoms with E-state index in [0.29, 0.717) is 6.54 Å². The molecule has 0 aromatic rings. The van der Waals surface area contributed by atoms with Crippen molar-refractivity contribution in [2.45, 2.75) is 46.2 Å². The third kappa shape index (κ3) is 2.95. The summed E-state index contributed by atoms with van der Waals surface area (Å²) in [6, 6.07) is -0.429. The summed E-state index contributed by atoms with van der Waals surface area (Å²) < 4.78 is 0. The van der Waals surface area contributed by atoms with E-state index in [2.05, 4.69) is 44.8 Å². The molecule has 1 saturated heterocycles. The van der Waals surface area contributed by atoms with Crippen LogP contribution >= 0.6 is 0 Å². The maximum Gasteiger partial charge on any atom is 0.239 e. The highest BCUT2D eigenvalue weighted by Crippen LogP contribution is 2.26. The van der Waals surface area contributed by atoms with Crippen LogP contribution in [0.1, 0.15) is 34.6 Å². The van der Waals surface area contributed by atoms with Gasteiger partial charge in [0.25, 0.3) is 0 Å². The van der Waals surface area contributed by atoms with E-state index in [1.165, 1.54) is 0 Å². The lowest BCUT2D eigenvalue weighted by molar-refractivity contribution is -0.129. The summed E-state index contributed by atoms with van der Waals surface area (Å²) in [5.74, 6) is -0.0667. The van der Waals surface area contributed by atoms with Gasteiger partial charge >= 0.3 is 0 Å². The first-order chi connectivity index (χ1) is 7.17. The maximum absolute atomic E-state index is 11.9.